The Balaban J connectivity index is 1.63. The molecular weight excluding hydrogens is 362 g/mol. The molecule has 3 aromatic rings. The number of pyridine rings is 1. The molecule has 0 atom stereocenters. The van der Waals surface area contributed by atoms with E-state index in [2.05, 4.69) is 48.2 Å². The maximum atomic E-state index is 12.4. The van der Waals surface area contributed by atoms with E-state index in [0.717, 1.165) is 33.5 Å². The van der Waals surface area contributed by atoms with Gasteiger partial charge in [-0.05, 0) is 62.9 Å². The molecule has 0 radical (unpaired) electrons. The highest BCUT2D eigenvalue weighted by Crippen LogP contribution is 2.25. The number of aromatic nitrogens is 3. The average molecular weight is 394 g/mol. The van der Waals surface area contributed by atoms with Gasteiger partial charge in [-0.25, -0.2) is 9.67 Å². The first-order chi connectivity index (χ1) is 13.8. The molecular formula is C23H31N5O. The van der Waals surface area contributed by atoms with Gasteiger partial charge in [0.05, 0.1) is 6.20 Å². The minimum absolute atomic E-state index is 0.0541. The Morgan fingerprint density at radius 3 is 2.48 bits per heavy atom. The predicted molar refractivity (Wildman–Crippen MR) is 118 cm³/mol. The largest absolute Gasteiger partial charge is 0.378 e. The van der Waals surface area contributed by atoms with E-state index < -0.39 is 0 Å². The van der Waals surface area contributed by atoms with Crippen LogP contribution in [-0.2, 0) is 17.8 Å². The van der Waals surface area contributed by atoms with Crippen molar-refractivity contribution in [2.24, 2.45) is 0 Å². The first kappa shape index (κ1) is 20.8. The zero-order chi connectivity index (χ0) is 21.1. The van der Waals surface area contributed by atoms with Crippen LogP contribution in [0.3, 0.4) is 0 Å². The summed E-state index contributed by atoms with van der Waals surface area (Å²) >= 11 is 0. The summed E-state index contributed by atoms with van der Waals surface area (Å²) < 4.78 is 1.95. The van der Waals surface area contributed by atoms with Crippen LogP contribution in [0, 0.1) is 13.8 Å². The summed E-state index contributed by atoms with van der Waals surface area (Å²) in [6.45, 7) is 8.87. The second-order valence-corrected chi connectivity index (χ2v) is 8.06. The third kappa shape index (κ3) is 4.58. The highest BCUT2D eigenvalue weighted by molar-refractivity contribution is 5.81. The second kappa shape index (κ2) is 8.64. The average Bonchev–Trinajstić information content (AvgIpc) is 3.10. The van der Waals surface area contributed by atoms with Gasteiger partial charge in [0.25, 0.3) is 0 Å². The summed E-state index contributed by atoms with van der Waals surface area (Å²) in [7, 11) is 4.03. The summed E-state index contributed by atoms with van der Waals surface area (Å²) in [6, 6.07) is 8.49. The summed E-state index contributed by atoms with van der Waals surface area (Å²) in [5.74, 6) is 0.0541. The maximum absolute atomic E-state index is 12.4. The van der Waals surface area contributed by atoms with Crippen molar-refractivity contribution in [1.82, 2.24) is 20.1 Å². The molecule has 0 saturated carbocycles. The predicted octanol–water partition coefficient (Wildman–Crippen LogP) is 3.94. The van der Waals surface area contributed by atoms with Crippen molar-refractivity contribution in [1.29, 1.82) is 0 Å². The summed E-state index contributed by atoms with van der Waals surface area (Å²) in [4.78, 5) is 19.2. The van der Waals surface area contributed by atoms with Crippen LogP contribution in [0.5, 0.6) is 0 Å². The number of anilines is 1. The van der Waals surface area contributed by atoms with Crippen molar-refractivity contribution in [2.45, 2.75) is 53.1 Å². The molecule has 0 aliphatic rings. The quantitative estimate of drug-likeness (QED) is 0.660. The number of carbonyl (C=O) groups excluding carboxylic acids is 1. The van der Waals surface area contributed by atoms with Crippen molar-refractivity contribution in [3.8, 4) is 0 Å². The minimum Gasteiger partial charge on any atom is -0.378 e. The maximum Gasteiger partial charge on any atom is 0.220 e. The number of hydrogen-bond donors (Lipinski definition) is 1. The Morgan fingerprint density at radius 2 is 1.86 bits per heavy atom. The molecule has 0 fully saturated rings. The molecule has 6 heteroatoms. The van der Waals surface area contributed by atoms with Crippen LogP contribution in [0.4, 0.5) is 5.69 Å². The van der Waals surface area contributed by atoms with E-state index in [9.17, 15) is 4.79 Å². The van der Waals surface area contributed by atoms with Crippen LogP contribution in [0.1, 0.15) is 48.7 Å². The van der Waals surface area contributed by atoms with Crippen LogP contribution in [0.15, 0.2) is 30.5 Å². The normalized spacial score (nSPS) is 11.3. The zero-order valence-electron chi connectivity index (χ0n) is 18.3. The Labute approximate surface area is 172 Å². The molecule has 3 rings (SSSR count). The number of carbonyl (C=O) groups is 1. The fourth-order valence-electron chi connectivity index (χ4n) is 3.58. The lowest BCUT2D eigenvalue weighted by Gasteiger charge is -2.14. The highest BCUT2D eigenvalue weighted by Gasteiger charge is 2.15. The lowest BCUT2D eigenvalue weighted by atomic mass is 10.0. The molecule has 0 unspecified atom stereocenters. The Kier molecular flexibility index (Phi) is 6.20. The van der Waals surface area contributed by atoms with E-state index >= 15 is 0 Å². The van der Waals surface area contributed by atoms with Gasteiger partial charge in [0, 0.05) is 49.9 Å². The highest BCUT2D eigenvalue weighted by atomic mass is 16.1. The Bertz CT molecular complexity index is 1000. The number of nitrogens with one attached hydrogen (secondary N) is 1. The van der Waals surface area contributed by atoms with Gasteiger partial charge in [0.1, 0.15) is 0 Å². The smallest absolute Gasteiger partial charge is 0.220 e. The SMILES string of the molecule is Cc1nc2c(cnn2C(C)C)c(C)c1CCC(=O)NCc1ccc(N(C)C)cc1. The van der Waals surface area contributed by atoms with E-state index in [1.807, 2.05) is 44.0 Å². The number of rotatable bonds is 7. The van der Waals surface area contributed by atoms with Gasteiger partial charge < -0.3 is 10.2 Å². The molecule has 6 nitrogen and oxygen atoms in total. The number of aryl methyl sites for hydroxylation is 2. The standard InChI is InChI=1S/C23H31N5O/c1-15(2)28-23-21(14-25-28)16(3)20(17(4)26-23)11-12-22(29)24-13-18-7-9-19(10-8-18)27(5)6/h7-10,14-15H,11-13H2,1-6H3,(H,24,29). The van der Waals surface area contributed by atoms with Gasteiger partial charge in [-0.2, -0.15) is 5.10 Å². The van der Waals surface area contributed by atoms with E-state index in [4.69, 9.17) is 4.98 Å². The number of nitrogens with zero attached hydrogens (tertiary/aromatic N) is 4. The topological polar surface area (TPSA) is 63.1 Å². The molecule has 154 valence electrons. The molecule has 0 spiro atoms. The fourth-order valence-corrected chi connectivity index (χ4v) is 3.58. The van der Waals surface area contributed by atoms with Crippen molar-refractivity contribution in [3.63, 3.8) is 0 Å². The third-order valence-electron chi connectivity index (χ3n) is 5.37. The monoisotopic (exact) mass is 393 g/mol. The van der Waals surface area contributed by atoms with Crippen LogP contribution < -0.4 is 10.2 Å². The lowest BCUT2D eigenvalue weighted by Crippen LogP contribution is -2.23. The molecule has 0 aliphatic carbocycles. The first-order valence-electron chi connectivity index (χ1n) is 10.1. The van der Waals surface area contributed by atoms with Crippen LogP contribution >= 0.6 is 0 Å². The fraction of sp³-hybridized carbons (Fsp3) is 0.435. The first-order valence-corrected chi connectivity index (χ1v) is 10.1. The minimum atomic E-state index is 0.0541. The molecule has 2 heterocycles. The van der Waals surface area contributed by atoms with E-state index in [-0.39, 0.29) is 11.9 Å². The zero-order valence-corrected chi connectivity index (χ0v) is 18.3. The molecule has 29 heavy (non-hydrogen) atoms. The second-order valence-electron chi connectivity index (χ2n) is 8.06. The van der Waals surface area contributed by atoms with Crippen molar-refractivity contribution >= 4 is 22.6 Å². The molecule has 0 aliphatic heterocycles. The third-order valence-corrected chi connectivity index (χ3v) is 5.37. The lowest BCUT2D eigenvalue weighted by molar-refractivity contribution is -0.121. The Morgan fingerprint density at radius 1 is 1.17 bits per heavy atom. The molecule has 1 N–H and O–H groups in total. The van der Waals surface area contributed by atoms with Crippen molar-refractivity contribution < 1.29 is 4.79 Å². The van der Waals surface area contributed by atoms with Gasteiger partial charge in [-0.15, -0.1) is 0 Å². The summed E-state index contributed by atoms with van der Waals surface area (Å²) in [6.07, 6.45) is 3.01. The Hall–Kier alpha value is -2.89. The number of benzene rings is 1. The van der Waals surface area contributed by atoms with Crippen molar-refractivity contribution in [2.75, 3.05) is 19.0 Å². The number of amides is 1. The van der Waals surface area contributed by atoms with Gasteiger partial charge in [0.15, 0.2) is 5.65 Å². The number of fused-ring (bicyclic) bond motifs is 1. The van der Waals surface area contributed by atoms with E-state index in [1.165, 1.54) is 5.56 Å². The molecule has 1 amide bonds. The molecule has 0 saturated heterocycles. The summed E-state index contributed by atoms with van der Waals surface area (Å²) in [5, 5.41) is 8.58. The molecule has 1 aromatic carbocycles. The summed E-state index contributed by atoms with van der Waals surface area (Å²) in [5.41, 5.74) is 6.46. The van der Waals surface area contributed by atoms with E-state index in [0.29, 0.717) is 19.4 Å². The van der Waals surface area contributed by atoms with Gasteiger partial charge in [-0.3, -0.25) is 4.79 Å². The molecule has 0 bridgehead atoms. The van der Waals surface area contributed by atoms with Gasteiger partial charge >= 0.3 is 0 Å². The molecule has 2 aromatic heterocycles. The van der Waals surface area contributed by atoms with E-state index in [1.54, 1.807) is 0 Å². The van der Waals surface area contributed by atoms with Gasteiger partial charge in [0.2, 0.25) is 5.91 Å². The van der Waals surface area contributed by atoms with Crippen LogP contribution in [0.2, 0.25) is 0 Å². The van der Waals surface area contributed by atoms with Crippen LogP contribution in [-0.4, -0.2) is 34.8 Å². The number of hydrogen-bond acceptors (Lipinski definition) is 4. The van der Waals surface area contributed by atoms with Crippen molar-refractivity contribution in [3.05, 3.63) is 52.8 Å². The van der Waals surface area contributed by atoms with Gasteiger partial charge in [-0.1, -0.05) is 12.1 Å². The van der Waals surface area contributed by atoms with Crippen LogP contribution in [0.25, 0.3) is 11.0 Å².